The van der Waals surface area contributed by atoms with Crippen molar-refractivity contribution in [2.24, 2.45) is 34.5 Å². The molecule has 0 spiro atoms. The summed E-state index contributed by atoms with van der Waals surface area (Å²) in [7, 11) is 0. The highest BCUT2D eigenvalue weighted by Gasteiger charge is 2.80. The van der Waals surface area contributed by atoms with E-state index in [1.165, 1.54) is 19.9 Å². The lowest BCUT2D eigenvalue weighted by atomic mass is 9.69. The van der Waals surface area contributed by atoms with Gasteiger partial charge in [0.2, 0.25) is 28.9 Å². The summed E-state index contributed by atoms with van der Waals surface area (Å²) >= 11 is 11.5. The minimum atomic E-state index is -1.70. The number of rotatable bonds is 17. The minimum Gasteiger partial charge on any atom is -0.463 e. The maximum atomic E-state index is 13.8. The number of carbonyl (C=O) groups excluding carboxylic acids is 8. The first-order chi connectivity index (χ1) is 36.5. The van der Waals surface area contributed by atoms with E-state index >= 15 is 0 Å². The number of alkyl halides is 2. The lowest BCUT2D eigenvalue weighted by molar-refractivity contribution is -0.175. The number of hydrogen-bond acceptors (Lipinski definition) is 18. The summed E-state index contributed by atoms with van der Waals surface area (Å²) in [6, 6.07) is 17.5. The molecule has 2 unspecified atom stereocenters. The van der Waals surface area contributed by atoms with Gasteiger partial charge < -0.3 is 48.5 Å². The quantitative estimate of drug-likeness (QED) is 0.0562. The van der Waals surface area contributed by atoms with Crippen LogP contribution in [-0.4, -0.2) is 155 Å². The average molecular weight is 1250 g/mol. The number of para-hydroxylation sites is 2. The molecule has 23 heteroatoms. The Morgan fingerprint density at radius 2 is 0.924 bits per heavy atom. The van der Waals surface area contributed by atoms with E-state index in [0.717, 1.165) is 9.80 Å². The van der Waals surface area contributed by atoms with E-state index in [1.807, 2.05) is 12.1 Å². The second-order valence-corrected chi connectivity index (χ2v) is 27.5. The van der Waals surface area contributed by atoms with Gasteiger partial charge in [-0.1, -0.05) is 89.0 Å². The highest BCUT2D eigenvalue weighted by molar-refractivity contribution is 9.10. The van der Waals surface area contributed by atoms with Gasteiger partial charge in [0.15, 0.2) is 11.2 Å². The lowest BCUT2D eigenvalue weighted by Gasteiger charge is -2.35. The number of esters is 3. The summed E-state index contributed by atoms with van der Waals surface area (Å²) in [6.07, 6.45) is 0.549. The summed E-state index contributed by atoms with van der Waals surface area (Å²) < 4.78 is 38.8. The van der Waals surface area contributed by atoms with Crippen LogP contribution in [0.3, 0.4) is 0 Å². The molecule has 4 amide bonds. The SMILES string of the molecule is CC(C)(C)C(=O)Cl.CC(O)[C@]12O[C@](CO)(C=C1Oc1ccccc1)[C@@H]1C(=O)N(CCOC(=O)C(C)(C)Br)C(=O)[C@@H]12.CC(O)[C@]12O[C@](COC(=O)C(C)(C)C)(C=C1Oc1ccccc1)[C@@H]1C(=O)N(CCOC(=O)C(C)(C)Br)C(=O)[C@@H]12. The van der Waals surface area contributed by atoms with E-state index in [2.05, 4.69) is 31.9 Å². The van der Waals surface area contributed by atoms with Crippen LogP contribution in [0.4, 0.5) is 0 Å². The fraction of sp³-hybridized carbons (Fsp3) is 0.571. The van der Waals surface area contributed by atoms with E-state index < -0.39 is 120 Å². The van der Waals surface area contributed by atoms with Crippen molar-refractivity contribution < 1.29 is 86.8 Å². The molecule has 4 bridgehead atoms. The van der Waals surface area contributed by atoms with Gasteiger partial charge >= 0.3 is 17.9 Å². The van der Waals surface area contributed by atoms with Gasteiger partial charge in [-0.2, -0.15) is 0 Å². The number of imide groups is 2. The molecule has 8 rings (SSSR count). The van der Waals surface area contributed by atoms with Gasteiger partial charge in [0, 0.05) is 5.41 Å². The predicted molar refractivity (Wildman–Crippen MR) is 290 cm³/mol. The molecule has 6 aliphatic rings. The minimum absolute atomic E-state index is 0.147. The molecular weight excluding hydrogens is 1180 g/mol. The van der Waals surface area contributed by atoms with Crippen LogP contribution >= 0.6 is 43.5 Å². The fourth-order valence-corrected chi connectivity index (χ4v) is 10.3. The third kappa shape index (κ3) is 12.1. The van der Waals surface area contributed by atoms with Crippen molar-refractivity contribution >= 4 is 90.2 Å². The summed E-state index contributed by atoms with van der Waals surface area (Å²) in [5.41, 5.74) is -7.60. The van der Waals surface area contributed by atoms with Crippen LogP contribution in [0.15, 0.2) is 84.3 Å². The van der Waals surface area contributed by atoms with Crippen LogP contribution in [0, 0.1) is 34.5 Å². The Morgan fingerprint density at radius 3 is 1.25 bits per heavy atom. The molecule has 0 aliphatic carbocycles. The summed E-state index contributed by atoms with van der Waals surface area (Å²) in [4.78, 5) is 103. The number of nitrogens with zero attached hydrogens (tertiary/aromatic N) is 2. The van der Waals surface area contributed by atoms with Gasteiger partial charge in [-0.25, -0.2) is 0 Å². The molecule has 2 aromatic carbocycles. The largest absolute Gasteiger partial charge is 0.463 e. The van der Waals surface area contributed by atoms with Crippen LogP contribution in [0.2, 0.25) is 0 Å². The molecule has 6 heterocycles. The number of amides is 4. The van der Waals surface area contributed by atoms with Crippen LogP contribution in [0.5, 0.6) is 11.5 Å². The standard InChI is InChI=1S/C28H34BrNO9.C23H26BrNO8.C5H9ClO/c1-16(31)28-18(38-17-10-8-7-9-11-17)14-27(39-28,15-37-23(34)25(2,3)4)19-20(28)22(33)30(21(19)32)12-13-36-24(35)26(5,6)29;1-13(27)23-15(32-14-7-5-4-6-8-14)11-22(12-26,33-23)16-17(23)19(29)25(18(16)28)9-10-31-20(30)21(2,3)24;1-5(2,3)4(6)7/h7-11,14,16,19-20,31H,12-13,15H2,1-6H3;4-8,11,13,16-17,26-27H,9-10,12H2,1-3H3;1-3H3/t16?,19-,20+,27-,28-;13?,16-,17+,22-,23-;/m00./s1. The molecule has 0 aromatic heterocycles. The molecule has 2 aromatic rings. The van der Waals surface area contributed by atoms with Gasteiger partial charge in [0.25, 0.3) is 0 Å². The molecular formula is C56H69Br2ClN2O18. The summed E-state index contributed by atoms with van der Waals surface area (Å²) in [6.45, 7) is 18.2. The smallest absolute Gasteiger partial charge is 0.322 e. The number of benzene rings is 2. The van der Waals surface area contributed by atoms with Gasteiger partial charge in [0.05, 0.1) is 61.0 Å². The first-order valence-corrected chi connectivity index (χ1v) is 27.5. The van der Waals surface area contributed by atoms with Crippen LogP contribution in [-0.2, 0) is 62.0 Å². The zero-order chi connectivity index (χ0) is 59.2. The maximum Gasteiger partial charge on any atom is 0.322 e. The fourth-order valence-electron chi connectivity index (χ4n) is 10.0. The van der Waals surface area contributed by atoms with Crippen molar-refractivity contribution in [3.63, 3.8) is 0 Å². The second kappa shape index (κ2) is 23.1. The Bertz CT molecular complexity index is 2760. The van der Waals surface area contributed by atoms with E-state index in [-0.39, 0.29) is 55.1 Å². The van der Waals surface area contributed by atoms with Crippen molar-refractivity contribution in [2.45, 2.75) is 126 Å². The van der Waals surface area contributed by atoms with Crippen molar-refractivity contribution in [3.05, 3.63) is 84.3 Å². The van der Waals surface area contributed by atoms with Crippen molar-refractivity contribution in [1.82, 2.24) is 9.80 Å². The Balaban J connectivity index is 0.000000230. The van der Waals surface area contributed by atoms with E-state index in [0.29, 0.717) is 11.5 Å². The zero-order valence-corrected chi connectivity index (χ0v) is 50.1. The predicted octanol–water partition coefficient (Wildman–Crippen LogP) is 5.72. The normalized spacial score (nSPS) is 28.3. The van der Waals surface area contributed by atoms with Crippen LogP contribution in [0.25, 0.3) is 0 Å². The molecule has 0 radical (unpaired) electrons. The highest BCUT2D eigenvalue weighted by atomic mass is 79.9. The van der Waals surface area contributed by atoms with Crippen LogP contribution in [0.1, 0.15) is 83.1 Å². The number of likely N-dealkylation sites (tertiary alicyclic amines) is 2. The number of carbonyl (C=O) groups is 8. The molecule has 4 saturated heterocycles. The average Bonchev–Trinajstić information content (AvgIpc) is 3.06. The third-order valence-electron chi connectivity index (χ3n) is 14.1. The molecule has 20 nitrogen and oxygen atoms in total. The maximum absolute atomic E-state index is 13.8. The Morgan fingerprint density at radius 1 is 0.582 bits per heavy atom. The van der Waals surface area contributed by atoms with Crippen molar-refractivity contribution in [3.8, 4) is 11.5 Å². The topological polar surface area (TPSA) is 268 Å². The first-order valence-electron chi connectivity index (χ1n) is 25.6. The van der Waals surface area contributed by atoms with Gasteiger partial charge in [-0.05, 0) is 110 Å². The molecule has 10 atom stereocenters. The highest BCUT2D eigenvalue weighted by Crippen LogP contribution is 2.63. The monoisotopic (exact) mass is 1250 g/mol. The Kier molecular flexibility index (Phi) is 18.4. The first kappa shape index (κ1) is 63.1. The van der Waals surface area contributed by atoms with E-state index in [4.69, 9.17) is 44.8 Å². The number of aliphatic hydroxyl groups excluding tert-OH is 3. The molecule has 4 fully saturated rings. The van der Waals surface area contributed by atoms with Gasteiger partial charge in [-0.15, -0.1) is 0 Å². The third-order valence-corrected chi connectivity index (χ3v) is 15.4. The molecule has 3 N–H and O–H groups in total. The molecule has 432 valence electrons. The molecule has 0 saturated carbocycles. The molecule has 79 heavy (non-hydrogen) atoms. The Hall–Kier alpha value is -5.07. The Labute approximate surface area is 480 Å². The number of halogens is 3. The summed E-state index contributed by atoms with van der Waals surface area (Å²) in [5, 5.41) is 31.8. The van der Waals surface area contributed by atoms with Gasteiger partial charge in [0.1, 0.15) is 62.7 Å². The zero-order valence-electron chi connectivity index (χ0n) is 46.1. The van der Waals surface area contributed by atoms with Crippen molar-refractivity contribution in [2.75, 3.05) is 39.5 Å². The number of fused-ring (bicyclic) bond motifs is 10. The van der Waals surface area contributed by atoms with E-state index in [9.17, 15) is 53.7 Å². The van der Waals surface area contributed by atoms with Crippen molar-refractivity contribution in [1.29, 1.82) is 0 Å². The second-order valence-electron chi connectivity index (χ2n) is 23.2. The van der Waals surface area contributed by atoms with Crippen LogP contribution < -0.4 is 9.47 Å². The number of ether oxygens (including phenoxy) is 7. The van der Waals surface area contributed by atoms with Gasteiger partial charge in [-0.3, -0.25) is 48.2 Å². The summed E-state index contributed by atoms with van der Waals surface area (Å²) in [5.74, 6) is -6.99. The molecule has 6 aliphatic heterocycles. The lowest BCUT2D eigenvalue weighted by Crippen LogP contribution is -2.52. The van der Waals surface area contributed by atoms with E-state index in [1.54, 1.807) is 124 Å². The number of aliphatic hydroxyl groups is 3. The number of hydrogen-bond donors (Lipinski definition) is 3.